The predicted molar refractivity (Wildman–Crippen MR) is 101 cm³/mol. The zero-order valence-electron chi connectivity index (χ0n) is 14.8. The first-order valence-corrected chi connectivity index (χ1v) is 8.45. The summed E-state index contributed by atoms with van der Waals surface area (Å²) in [5, 5.41) is 5.93. The van der Waals surface area contributed by atoms with E-state index in [9.17, 15) is 9.59 Å². The van der Waals surface area contributed by atoms with Gasteiger partial charge in [-0.25, -0.2) is 4.79 Å². The number of hydrogen-bond acceptors (Lipinski definition) is 6. The van der Waals surface area contributed by atoms with Crippen LogP contribution < -0.4 is 10.6 Å². The molecule has 2 N–H and O–H groups in total. The average molecular weight is 365 g/mol. The Bertz CT molecular complexity index is 905. The monoisotopic (exact) mass is 365 g/mol. The molecule has 0 fully saturated rings. The zero-order chi connectivity index (χ0) is 19.1. The third kappa shape index (κ3) is 4.94. The number of benzene rings is 1. The summed E-state index contributed by atoms with van der Waals surface area (Å²) in [7, 11) is 0. The van der Waals surface area contributed by atoms with Gasteiger partial charge in [0, 0.05) is 18.1 Å². The highest BCUT2D eigenvalue weighted by atomic mass is 16.5. The predicted octanol–water partition coefficient (Wildman–Crippen LogP) is 3.72. The van der Waals surface area contributed by atoms with Gasteiger partial charge in [-0.3, -0.25) is 9.78 Å². The minimum atomic E-state index is -0.394. The van der Waals surface area contributed by atoms with Crippen LogP contribution in [-0.4, -0.2) is 23.5 Å². The summed E-state index contributed by atoms with van der Waals surface area (Å²) >= 11 is 0. The Morgan fingerprint density at radius 1 is 1.07 bits per heavy atom. The number of carbonyl (C=O) groups excluding carboxylic acids is 2. The number of rotatable bonds is 7. The van der Waals surface area contributed by atoms with Gasteiger partial charge in [0.05, 0.1) is 36.2 Å². The summed E-state index contributed by atoms with van der Waals surface area (Å²) in [6.45, 7) is 2.56. The van der Waals surface area contributed by atoms with Crippen molar-refractivity contribution in [2.75, 3.05) is 17.2 Å². The molecule has 3 rings (SSSR count). The van der Waals surface area contributed by atoms with Crippen molar-refractivity contribution in [2.24, 2.45) is 0 Å². The van der Waals surface area contributed by atoms with E-state index in [2.05, 4.69) is 15.6 Å². The number of hydrogen-bond donors (Lipinski definition) is 2. The summed E-state index contributed by atoms with van der Waals surface area (Å²) in [4.78, 5) is 28.2. The highest BCUT2D eigenvalue weighted by Gasteiger charge is 2.10. The van der Waals surface area contributed by atoms with Gasteiger partial charge in [-0.1, -0.05) is 0 Å². The Hall–Kier alpha value is -3.61. The van der Waals surface area contributed by atoms with E-state index < -0.39 is 5.97 Å². The molecule has 3 aromatic rings. The maximum atomic E-state index is 12.4. The van der Waals surface area contributed by atoms with Crippen molar-refractivity contribution >= 4 is 23.3 Å². The van der Waals surface area contributed by atoms with Crippen LogP contribution in [0.5, 0.6) is 0 Å². The van der Waals surface area contributed by atoms with Gasteiger partial charge in [0.1, 0.15) is 5.76 Å². The lowest BCUT2D eigenvalue weighted by Crippen LogP contribution is -2.13. The number of furan rings is 1. The maximum Gasteiger partial charge on any atom is 0.338 e. The molecule has 7 nitrogen and oxygen atoms in total. The Labute approximate surface area is 156 Å². The quantitative estimate of drug-likeness (QED) is 0.620. The molecule has 1 amide bonds. The van der Waals surface area contributed by atoms with Gasteiger partial charge in [-0.2, -0.15) is 0 Å². The molecule has 0 aliphatic rings. The normalized spacial score (nSPS) is 10.3. The molecule has 2 heterocycles. The van der Waals surface area contributed by atoms with Crippen molar-refractivity contribution < 1.29 is 18.7 Å². The summed E-state index contributed by atoms with van der Waals surface area (Å²) in [5.74, 6) is 0.0921. The Balaban J connectivity index is 1.62. The highest BCUT2D eigenvalue weighted by molar-refractivity contribution is 6.04. The van der Waals surface area contributed by atoms with E-state index >= 15 is 0 Å². The number of ether oxygens (including phenoxy) is 1. The van der Waals surface area contributed by atoms with Crippen molar-refractivity contribution in [1.29, 1.82) is 0 Å². The van der Waals surface area contributed by atoms with Crippen molar-refractivity contribution in [1.82, 2.24) is 4.98 Å². The second kappa shape index (κ2) is 8.66. The average Bonchev–Trinajstić information content (AvgIpc) is 3.21. The summed E-state index contributed by atoms with van der Waals surface area (Å²) in [6.07, 6.45) is 4.72. The number of nitrogens with zero attached hydrogens (tertiary/aromatic N) is 1. The number of anilines is 2. The molecule has 138 valence electrons. The molecule has 0 unspecified atom stereocenters. The van der Waals surface area contributed by atoms with Crippen LogP contribution in [0.4, 0.5) is 11.4 Å². The molecule has 0 saturated carbocycles. The molecule has 0 aliphatic carbocycles. The Morgan fingerprint density at radius 3 is 2.59 bits per heavy atom. The van der Waals surface area contributed by atoms with Gasteiger partial charge in [0.15, 0.2) is 0 Å². The SMILES string of the molecule is CCOC(=O)c1ccc(NC(=O)c2cncc(NCc3ccco3)c2)cc1. The van der Waals surface area contributed by atoms with E-state index in [-0.39, 0.29) is 5.91 Å². The fraction of sp³-hybridized carbons (Fsp3) is 0.150. The smallest absolute Gasteiger partial charge is 0.338 e. The van der Waals surface area contributed by atoms with E-state index in [4.69, 9.17) is 9.15 Å². The highest BCUT2D eigenvalue weighted by Crippen LogP contribution is 2.15. The fourth-order valence-electron chi connectivity index (χ4n) is 2.37. The second-order valence-electron chi connectivity index (χ2n) is 5.65. The van der Waals surface area contributed by atoms with Crippen LogP contribution in [0, 0.1) is 0 Å². The Kier molecular flexibility index (Phi) is 5.84. The number of esters is 1. The topological polar surface area (TPSA) is 93.5 Å². The maximum absolute atomic E-state index is 12.4. The third-order valence-corrected chi connectivity index (χ3v) is 3.70. The molecule has 27 heavy (non-hydrogen) atoms. The van der Waals surface area contributed by atoms with Crippen molar-refractivity contribution in [2.45, 2.75) is 13.5 Å². The number of pyridine rings is 1. The fourth-order valence-corrected chi connectivity index (χ4v) is 2.37. The van der Waals surface area contributed by atoms with Gasteiger partial charge in [0.2, 0.25) is 0 Å². The van der Waals surface area contributed by atoms with Crippen molar-refractivity contribution in [3.8, 4) is 0 Å². The van der Waals surface area contributed by atoms with Crippen LogP contribution in [0.2, 0.25) is 0 Å². The summed E-state index contributed by atoms with van der Waals surface area (Å²) in [5.41, 5.74) is 2.12. The van der Waals surface area contributed by atoms with Crippen LogP contribution >= 0.6 is 0 Å². The van der Waals surface area contributed by atoms with Crippen LogP contribution in [0.3, 0.4) is 0 Å². The van der Waals surface area contributed by atoms with Gasteiger partial charge >= 0.3 is 5.97 Å². The molecule has 0 saturated heterocycles. The molecule has 0 aliphatic heterocycles. The molecule has 7 heteroatoms. The standard InChI is InChI=1S/C20H19N3O4/c1-2-26-20(25)14-5-7-16(8-6-14)23-19(24)15-10-17(12-21-11-15)22-13-18-4-3-9-27-18/h3-12,22H,2,13H2,1H3,(H,23,24). The number of nitrogens with one attached hydrogen (secondary N) is 2. The van der Waals surface area contributed by atoms with Crippen LogP contribution in [-0.2, 0) is 11.3 Å². The minimum absolute atomic E-state index is 0.298. The molecule has 0 atom stereocenters. The van der Waals surface area contributed by atoms with E-state index in [1.54, 1.807) is 49.7 Å². The first kappa shape index (κ1) is 18.2. The number of carbonyl (C=O) groups is 2. The van der Waals surface area contributed by atoms with E-state index in [0.717, 1.165) is 5.76 Å². The van der Waals surface area contributed by atoms with Crippen LogP contribution in [0.25, 0.3) is 0 Å². The molecule has 2 aromatic heterocycles. The summed E-state index contributed by atoms with van der Waals surface area (Å²) in [6, 6.07) is 11.9. The van der Waals surface area contributed by atoms with Gasteiger partial charge < -0.3 is 19.8 Å². The van der Waals surface area contributed by atoms with Crippen LogP contribution in [0.1, 0.15) is 33.4 Å². The summed E-state index contributed by atoms with van der Waals surface area (Å²) < 4.78 is 10.2. The third-order valence-electron chi connectivity index (χ3n) is 3.70. The number of amides is 1. The lowest BCUT2D eigenvalue weighted by molar-refractivity contribution is 0.0526. The van der Waals surface area contributed by atoms with Crippen molar-refractivity contribution in [3.05, 3.63) is 78.0 Å². The molecule has 0 bridgehead atoms. The first-order valence-electron chi connectivity index (χ1n) is 8.45. The lowest BCUT2D eigenvalue weighted by Gasteiger charge is -2.08. The van der Waals surface area contributed by atoms with E-state index in [1.807, 2.05) is 12.1 Å². The van der Waals surface area contributed by atoms with Crippen molar-refractivity contribution in [3.63, 3.8) is 0 Å². The van der Waals surface area contributed by atoms with Gasteiger partial charge in [-0.15, -0.1) is 0 Å². The molecular weight excluding hydrogens is 346 g/mol. The molecular formula is C20H19N3O4. The van der Waals surface area contributed by atoms with E-state index in [0.29, 0.717) is 35.7 Å². The van der Waals surface area contributed by atoms with Gasteiger partial charge in [-0.05, 0) is 49.4 Å². The zero-order valence-corrected chi connectivity index (χ0v) is 14.8. The van der Waals surface area contributed by atoms with Crippen LogP contribution in [0.15, 0.2) is 65.5 Å². The Morgan fingerprint density at radius 2 is 1.89 bits per heavy atom. The molecule has 0 spiro atoms. The minimum Gasteiger partial charge on any atom is -0.467 e. The number of aromatic nitrogens is 1. The molecule has 1 aromatic carbocycles. The lowest BCUT2D eigenvalue weighted by atomic mass is 10.2. The van der Waals surface area contributed by atoms with E-state index in [1.165, 1.54) is 6.20 Å². The molecule has 0 radical (unpaired) electrons. The second-order valence-corrected chi connectivity index (χ2v) is 5.65. The first-order chi connectivity index (χ1) is 13.2. The largest absolute Gasteiger partial charge is 0.467 e. The van der Waals surface area contributed by atoms with Gasteiger partial charge in [0.25, 0.3) is 5.91 Å².